The Hall–Kier alpha value is -2.14. The second-order valence-electron chi connectivity index (χ2n) is 3.52. The van der Waals surface area contributed by atoms with Crippen molar-refractivity contribution in [1.29, 1.82) is 0 Å². The van der Waals surface area contributed by atoms with Gasteiger partial charge in [-0.25, -0.2) is 9.59 Å². The van der Waals surface area contributed by atoms with E-state index < -0.39 is 11.4 Å². The van der Waals surface area contributed by atoms with E-state index in [9.17, 15) is 9.59 Å². The van der Waals surface area contributed by atoms with Crippen molar-refractivity contribution < 1.29 is 4.42 Å². The molecule has 5 heteroatoms. The maximum atomic E-state index is 11.5. The van der Waals surface area contributed by atoms with Crippen molar-refractivity contribution in [2.45, 2.75) is 0 Å². The van der Waals surface area contributed by atoms with E-state index in [2.05, 4.69) is 9.40 Å². The van der Waals surface area contributed by atoms with Crippen molar-refractivity contribution in [3.05, 3.63) is 56.7 Å². The lowest BCUT2D eigenvalue weighted by atomic mass is 10.1. The van der Waals surface area contributed by atoms with Crippen LogP contribution in [0.15, 0.2) is 49.7 Å². The SMILES string of the molecule is O=c1[nH]c2c(-c3ccccc3)csc2c(=O)o1. The molecule has 1 N–H and O–H groups in total. The molecule has 3 rings (SSSR count). The topological polar surface area (TPSA) is 63.1 Å². The van der Waals surface area contributed by atoms with Gasteiger partial charge in [0.25, 0.3) is 0 Å². The van der Waals surface area contributed by atoms with E-state index >= 15 is 0 Å². The summed E-state index contributed by atoms with van der Waals surface area (Å²) in [6.45, 7) is 0. The zero-order chi connectivity index (χ0) is 11.8. The second-order valence-corrected chi connectivity index (χ2v) is 4.40. The number of nitrogens with one attached hydrogen (secondary N) is 1. The molecule has 0 bridgehead atoms. The average molecular weight is 245 g/mol. The van der Waals surface area contributed by atoms with Gasteiger partial charge in [-0.1, -0.05) is 30.3 Å². The van der Waals surface area contributed by atoms with Crippen molar-refractivity contribution in [2.75, 3.05) is 0 Å². The fourth-order valence-electron chi connectivity index (χ4n) is 1.72. The summed E-state index contributed by atoms with van der Waals surface area (Å²) in [7, 11) is 0. The van der Waals surface area contributed by atoms with Gasteiger partial charge in [0.15, 0.2) is 0 Å². The smallest absolute Gasteiger partial charge is 0.372 e. The Kier molecular flexibility index (Phi) is 2.19. The molecule has 0 atom stereocenters. The lowest BCUT2D eigenvalue weighted by Gasteiger charge is -1.97. The Morgan fingerprint density at radius 1 is 1.12 bits per heavy atom. The van der Waals surface area contributed by atoms with E-state index in [0.29, 0.717) is 10.2 Å². The van der Waals surface area contributed by atoms with Crippen LogP contribution in [0.4, 0.5) is 0 Å². The summed E-state index contributed by atoms with van der Waals surface area (Å²) >= 11 is 1.27. The number of rotatable bonds is 1. The van der Waals surface area contributed by atoms with Gasteiger partial charge in [0.2, 0.25) is 0 Å². The number of benzene rings is 1. The first-order valence-electron chi connectivity index (χ1n) is 4.96. The minimum atomic E-state index is -0.724. The van der Waals surface area contributed by atoms with Crippen molar-refractivity contribution in [3.8, 4) is 11.1 Å². The molecule has 17 heavy (non-hydrogen) atoms. The number of thiophene rings is 1. The molecular weight excluding hydrogens is 238 g/mol. The third-order valence-corrected chi connectivity index (χ3v) is 3.43. The molecule has 0 aliphatic heterocycles. The molecule has 0 aliphatic carbocycles. The Labute approximate surface area is 99.2 Å². The van der Waals surface area contributed by atoms with Crippen LogP contribution in [-0.2, 0) is 0 Å². The molecule has 4 nitrogen and oxygen atoms in total. The van der Waals surface area contributed by atoms with Gasteiger partial charge in [-0.3, -0.25) is 4.98 Å². The number of aromatic amines is 1. The molecule has 0 aliphatic rings. The second kappa shape index (κ2) is 3.71. The molecule has 0 spiro atoms. The summed E-state index contributed by atoms with van der Waals surface area (Å²) in [4.78, 5) is 25.2. The van der Waals surface area contributed by atoms with E-state index in [1.165, 1.54) is 11.3 Å². The first-order valence-corrected chi connectivity index (χ1v) is 5.84. The van der Waals surface area contributed by atoms with Crippen molar-refractivity contribution in [1.82, 2.24) is 4.98 Å². The Morgan fingerprint density at radius 2 is 1.88 bits per heavy atom. The Bertz CT molecular complexity index is 783. The molecule has 0 radical (unpaired) electrons. The largest absolute Gasteiger partial charge is 0.419 e. The van der Waals surface area contributed by atoms with Crippen LogP contribution in [0.3, 0.4) is 0 Å². The molecule has 2 aromatic heterocycles. The molecule has 0 fully saturated rings. The van der Waals surface area contributed by atoms with Gasteiger partial charge in [-0.15, -0.1) is 11.3 Å². The summed E-state index contributed by atoms with van der Waals surface area (Å²) < 4.78 is 4.92. The molecule has 0 saturated carbocycles. The van der Waals surface area contributed by atoms with Gasteiger partial charge < -0.3 is 4.42 Å². The molecule has 84 valence electrons. The maximum Gasteiger partial charge on any atom is 0.419 e. The molecule has 0 amide bonds. The highest BCUT2D eigenvalue weighted by atomic mass is 32.1. The van der Waals surface area contributed by atoms with Crippen LogP contribution in [0.25, 0.3) is 21.3 Å². The zero-order valence-electron chi connectivity index (χ0n) is 8.60. The zero-order valence-corrected chi connectivity index (χ0v) is 9.41. The van der Waals surface area contributed by atoms with E-state index in [1.54, 1.807) is 0 Å². The first kappa shape index (κ1) is 10.0. The van der Waals surface area contributed by atoms with Gasteiger partial charge in [0.05, 0.1) is 5.52 Å². The van der Waals surface area contributed by atoms with E-state index in [0.717, 1.165) is 11.1 Å². The number of fused-ring (bicyclic) bond motifs is 1. The molecular formula is C12H7NO3S. The van der Waals surface area contributed by atoms with Gasteiger partial charge >= 0.3 is 11.4 Å². The molecule has 0 saturated heterocycles. The van der Waals surface area contributed by atoms with Crippen LogP contribution in [0, 0.1) is 0 Å². The number of H-pyrrole nitrogens is 1. The standard InChI is InChI=1S/C12H7NO3S/c14-11-10-9(13-12(15)16-11)8(6-17-10)7-4-2-1-3-5-7/h1-6H,(H,13,15). The first-order chi connectivity index (χ1) is 8.25. The maximum absolute atomic E-state index is 11.5. The molecule has 3 aromatic rings. The summed E-state index contributed by atoms with van der Waals surface area (Å²) in [5.41, 5.74) is 1.76. The van der Waals surface area contributed by atoms with Crippen LogP contribution in [0.1, 0.15) is 0 Å². The summed E-state index contributed by atoms with van der Waals surface area (Å²) in [6.07, 6.45) is 0. The number of aromatic nitrogens is 1. The highest BCUT2D eigenvalue weighted by molar-refractivity contribution is 7.17. The van der Waals surface area contributed by atoms with E-state index in [1.807, 2.05) is 35.7 Å². The van der Waals surface area contributed by atoms with Gasteiger partial charge in [-0.2, -0.15) is 0 Å². The number of hydrogen-bond acceptors (Lipinski definition) is 4. The summed E-state index contributed by atoms with van der Waals surface area (Å²) in [5, 5.41) is 1.84. The molecule has 0 unspecified atom stereocenters. The van der Waals surface area contributed by atoms with Crippen LogP contribution in [0.5, 0.6) is 0 Å². The van der Waals surface area contributed by atoms with Crippen LogP contribution in [-0.4, -0.2) is 4.98 Å². The van der Waals surface area contributed by atoms with Crippen molar-refractivity contribution >= 4 is 21.6 Å². The van der Waals surface area contributed by atoms with E-state index in [-0.39, 0.29) is 0 Å². The average Bonchev–Trinajstić information content (AvgIpc) is 2.74. The normalized spacial score (nSPS) is 10.8. The predicted octanol–water partition coefficient (Wildman–Crippen LogP) is 2.21. The van der Waals surface area contributed by atoms with Gasteiger partial charge in [-0.05, 0) is 5.56 Å². The molecule has 2 heterocycles. The van der Waals surface area contributed by atoms with Crippen LogP contribution in [0.2, 0.25) is 0 Å². The Morgan fingerprint density at radius 3 is 2.65 bits per heavy atom. The number of hydrogen-bond donors (Lipinski definition) is 1. The summed E-state index contributed by atoms with van der Waals surface area (Å²) in [5.74, 6) is -0.724. The highest BCUT2D eigenvalue weighted by Gasteiger charge is 2.11. The minimum absolute atomic E-state index is 0.434. The van der Waals surface area contributed by atoms with Crippen LogP contribution < -0.4 is 11.4 Å². The van der Waals surface area contributed by atoms with Gasteiger partial charge in [0, 0.05) is 10.9 Å². The monoisotopic (exact) mass is 245 g/mol. The Balaban J connectivity index is 2.40. The summed E-state index contributed by atoms with van der Waals surface area (Å²) in [6, 6.07) is 9.57. The fraction of sp³-hybridized carbons (Fsp3) is 0. The minimum Gasteiger partial charge on any atom is -0.372 e. The fourth-order valence-corrected chi connectivity index (χ4v) is 2.63. The predicted molar refractivity (Wildman–Crippen MR) is 66.4 cm³/mol. The van der Waals surface area contributed by atoms with Gasteiger partial charge in [0.1, 0.15) is 4.70 Å². The van der Waals surface area contributed by atoms with Crippen molar-refractivity contribution in [2.24, 2.45) is 0 Å². The van der Waals surface area contributed by atoms with Crippen LogP contribution >= 0.6 is 11.3 Å². The quantitative estimate of drug-likeness (QED) is 0.715. The third-order valence-electron chi connectivity index (χ3n) is 2.47. The molecule has 1 aromatic carbocycles. The lowest BCUT2D eigenvalue weighted by molar-refractivity contribution is 0.461. The third kappa shape index (κ3) is 1.60. The highest BCUT2D eigenvalue weighted by Crippen LogP contribution is 2.29. The van der Waals surface area contributed by atoms with Crippen molar-refractivity contribution in [3.63, 3.8) is 0 Å². The lowest BCUT2D eigenvalue weighted by Crippen LogP contribution is -2.13. The van der Waals surface area contributed by atoms with E-state index in [4.69, 9.17) is 0 Å².